The summed E-state index contributed by atoms with van der Waals surface area (Å²) in [5.74, 6) is 0.467. The van der Waals surface area contributed by atoms with Crippen LogP contribution in [0.5, 0.6) is 0 Å². The highest BCUT2D eigenvalue weighted by Crippen LogP contribution is 2.29. The fourth-order valence-electron chi connectivity index (χ4n) is 3.29. The van der Waals surface area contributed by atoms with Gasteiger partial charge < -0.3 is 15.2 Å². The SMILES string of the molecule is CCC1(C)CC(NCC2CCCCC2O)CCO1. The third-order valence-electron chi connectivity index (χ3n) is 4.88. The average Bonchev–Trinajstić information content (AvgIpc) is 2.38. The summed E-state index contributed by atoms with van der Waals surface area (Å²) in [6.07, 6.45) is 7.87. The van der Waals surface area contributed by atoms with Gasteiger partial charge in [0.15, 0.2) is 0 Å². The molecular formula is C15H29NO2. The van der Waals surface area contributed by atoms with E-state index >= 15 is 0 Å². The van der Waals surface area contributed by atoms with Crippen LogP contribution in [0, 0.1) is 5.92 Å². The molecule has 0 bridgehead atoms. The highest BCUT2D eigenvalue weighted by atomic mass is 16.5. The van der Waals surface area contributed by atoms with Crippen molar-refractivity contribution in [3.8, 4) is 0 Å². The standard InChI is InChI=1S/C15H29NO2/c1-3-15(2)10-13(8-9-18-15)16-11-12-6-4-5-7-14(12)17/h12-14,16-17H,3-11H2,1-2H3. The number of hydrogen-bond acceptors (Lipinski definition) is 3. The molecule has 2 fully saturated rings. The van der Waals surface area contributed by atoms with Crippen LogP contribution in [-0.4, -0.2) is 36.0 Å². The Bertz CT molecular complexity index is 259. The number of ether oxygens (including phenoxy) is 1. The van der Waals surface area contributed by atoms with Gasteiger partial charge in [0.1, 0.15) is 0 Å². The molecule has 3 nitrogen and oxygen atoms in total. The topological polar surface area (TPSA) is 41.5 Å². The maximum absolute atomic E-state index is 9.98. The van der Waals surface area contributed by atoms with E-state index < -0.39 is 0 Å². The van der Waals surface area contributed by atoms with Crippen molar-refractivity contribution in [1.82, 2.24) is 5.32 Å². The van der Waals surface area contributed by atoms with Crippen molar-refractivity contribution < 1.29 is 9.84 Å². The molecule has 1 aliphatic heterocycles. The van der Waals surface area contributed by atoms with Gasteiger partial charge in [-0.1, -0.05) is 19.8 Å². The van der Waals surface area contributed by atoms with Gasteiger partial charge in [-0.15, -0.1) is 0 Å². The Balaban J connectivity index is 1.75. The van der Waals surface area contributed by atoms with Gasteiger partial charge in [0.2, 0.25) is 0 Å². The molecule has 1 saturated carbocycles. The molecule has 0 aromatic carbocycles. The van der Waals surface area contributed by atoms with Crippen LogP contribution in [0.25, 0.3) is 0 Å². The van der Waals surface area contributed by atoms with Gasteiger partial charge in [-0.3, -0.25) is 0 Å². The van der Waals surface area contributed by atoms with Gasteiger partial charge in [0.25, 0.3) is 0 Å². The second-order valence-electron chi connectivity index (χ2n) is 6.36. The Labute approximate surface area is 111 Å². The quantitative estimate of drug-likeness (QED) is 0.811. The Morgan fingerprint density at radius 2 is 2.06 bits per heavy atom. The summed E-state index contributed by atoms with van der Waals surface area (Å²) in [5.41, 5.74) is 0.0566. The lowest BCUT2D eigenvalue weighted by Gasteiger charge is -2.39. The predicted molar refractivity (Wildman–Crippen MR) is 73.6 cm³/mol. The predicted octanol–water partition coefficient (Wildman–Crippen LogP) is 2.47. The smallest absolute Gasteiger partial charge is 0.0666 e. The van der Waals surface area contributed by atoms with E-state index in [-0.39, 0.29) is 11.7 Å². The average molecular weight is 255 g/mol. The summed E-state index contributed by atoms with van der Waals surface area (Å²) in [6.45, 7) is 6.27. The van der Waals surface area contributed by atoms with Gasteiger partial charge in [-0.25, -0.2) is 0 Å². The zero-order chi connectivity index (χ0) is 13.0. The molecule has 0 spiro atoms. The van der Waals surface area contributed by atoms with E-state index in [2.05, 4.69) is 19.2 Å². The minimum Gasteiger partial charge on any atom is -0.393 e. The largest absolute Gasteiger partial charge is 0.393 e. The molecule has 1 saturated heterocycles. The highest BCUT2D eigenvalue weighted by molar-refractivity contribution is 4.87. The number of rotatable bonds is 4. The lowest BCUT2D eigenvalue weighted by molar-refractivity contribution is -0.0789. The van der Waals surface area contributed by atoms with Crippen molar-refractivity contribution in [3.63, 3.8) is 0 Å². The van der Waals surface area contributed by atoms with Crippen LogP contribution in [0.15, 0.2) is 0 Å². The van der Waals surface area contributed by atoms with Crippen molar-refractivity contribution in [2.45, 2.75) is 76.5 Å². The molecule has 106 valence electrons. The second-order valence-corrected chi connectivity index (χ2v) is 6.36. The first-order valence-corrected chi connectivity index (χ1v) is 7.68. The fraction of sp³-hybridized carbons (Fsp3) is 1.00. The molecule has 0 radical (unpaired) electrons. The molecule has 4 unspecified atom stereocenters. The maximum atomic E-state index is 9.98. The maximum Gasteiger partial charge on any atom is 0.0666 e. The Kier molecular flexibility index (Phi) is 5.05. The minimum absolute atomic E-state index is 0.0566. The third kappa shape index (κ3) is 3.69. The zero-order valence-corrected chi connectivity index (χ0v) is 12.0. The summed E-state index contributed by atoms with van der Waals surface area (Å²) in [4.78, 5) is 0. The molecule has 2 rings (SSSR count). The molecule has 0 amide bonds. The Morgan fingerprint density at radius 3 is 2.78 bits per heavy atom. The van der Waals surface area contributed by atoms with Crippen LogP contribution in [-0.2, 0) is 4.74 Å². The summed E-state index contributed by atoms with van der Waals surface area (Å²) in [6, 6.07) is 0.567. The number of aliphatic hydroxyl groups is 1. The molecule has 0 aromatic heterocycles. The van der Waals surface area contributed by atoms with Crippen LogP contribution in [0.4, 0.5) is 0 Å². The normalized spacial score (nSPS) is 41.8. The molecule has 1 heterocycles. The van der Waals surface area contributed by atoms with Crippen molar-refractivity contribution in [3.05, 3.63) is 0 Å². The van der Waals surface area contributed by atoms with Gasteiger partial charge in [0.05, 0.1) is 11.7 Å². The molecule has 1 aliphatic carbocycles. The summed E-state index contributed by atoms with van der Waals surface area (Å²) in [5, 5.41) is 13.7. The number of aliphatic hydroxyl groups excluding tert-OH is 1. The van der Waals surface area contributed by atoms with Crippen molar-refractivity contribution in [1.29, 1.82) is 0 Å². The Hall–Kier alpha value is -0.120. The summed E-state index contributed by atoms with van der Waals surface area (Å²) < 4.78 is 5.87. The molecule has 2 aliphatic rings. The zero-order valence-electron chi connectivity index (χ0n) is 12.0. The van der Waals surface area contributed by atoms with Gasteiger partial charge >= 0.3 is 0 Å². The van der Waals surface area contributed by atoms with Crippen LogP contribution >= 0.6 is 0 Å². The van der Waals surface area contributed by atoms with Crippen LogP contribution in [0.1, 0.15) is 58.8 Å². The first-order valence-electron chi connectivity index (χ1n) is 7.68. The van der Waals surface area contributed by atoms with Crippen molar-refractivity contribution in [2.75, 3.05) is 13.2 Å². The molecule has 4 atom stereocenters. The minimum atomic E-state index is -0.0800. The van der Waals surface area contributed by atoms with E-state index in [1.54, 1.807) is 0 Å². The molecule has 0 aromatic rings. The number of nitrogens with one attached hydrogen (secondary N) is 1. The Morgan fingerprint density at radius 1 is 1.28 bits per heavy atom. The first-order chi connectivity index (χ1) is 8.63. The molecule has 2 N–H and O–H groups in total. The van der Waals surface area contributed by atoms with E-state index in [1.165, 1.54) is 19.3 Å². The van der Waals surface area contributed by atoms with Crippen molar-refractivity contribution >= 4 is 0 Å². The summed E-state index contributed by atoms with van der Waals surface area (Å²) in [7, 11) is 0. The fourth-order valence-corrected chi connectivity index (χ4v) is 3.29. The molecular weight excluding hydrogens is 226 g/mol. The van der Waals surface area contributed by atoms with Gasteiger partial charge in [0, 0.05) is 19.2 Å². The second kappa shape index (κ2) is 6.36. The van der Waals surface area contributed by atoms with Crippen LogP contribution in [0.2, 0.25) is 0 Å². The molecule has 3 heteroatoms. The highest BCUT2D eigenvalue weighted by Gasteiger charge is 2.32. The van der Waals surface area contributed by atoms with Gasteiger partial charge in [-0.2, -0.15) is 0 Å². The van der Waals surface area contributed by atoms with E-state index in [0.29, 0.717) is 12.0 Å². The summed E-state index contributed by atoms with van der Waals surface area (Å²) >= 11 is 0. The lowest BCUT2D eigenvalue weighted by Crippen LogP contribution is -2.47. The van der Waals surface area contributed by atoms with E-state index in [4.69, 9.17) is 4.74 Å². The third-order valence-corrected chi connectivity index (χ3v) is 4.88. The van der Waals surface area contributed by atoms with E-state index in [0.717, 1.165) is 38.8 Å². The van der Waals surface area contributed by atoms with Gasteiger partial charge in [-0.05, 0) is 44.9 Å². The monoisotopic (exact) mass is 255 g/mol. The van der Waals surface area contributed by atoms with Crippen LogP contribution in [0.3, 0.4) is 0 Å². The van der Waals surface area contributed by atoms with E-state index in [1.807, 2.05) is 0 Å². The van der Waals surface area contributed by atoms with Crippen LogP contribution < -0.4 is 5.32 Å². The first kappa shape index (κ1) is 14.3. The molecule has 18 heavy (non-hydrogen) atoms. The number of hydrogen-bond donors (Lipinski definition) is 2. The van der Waals surface area contributed by atoms with Crippen molar-refractivity contribution in [2.24, 2.45) is 5.92 Å². The lowest BCUT2D eigenvalue weighted by atomic mass is 9.85. The van der Waals surface area contributed by atoms with E-state index in [9.17, 15) is 5.11 Å².